The third-order valence-corrected chi connectivity index (χ3v) is 3.40. The summed E-state index contributed by atoms with van der Waals surface area (Å²) in [6, 6.07) is 0.112. The molecule has 0 aromatic carbocycles. The van der Waals surface area contributed by atoms with E-state index in [9.17, 15) is 9.59 Å². The van der Waals surface area contributed by atoms with Crippen LogP contribution >= 0.6 is 12.4 Å². The minimum absolute atomic E-state index is 0. The summed E-state index contributed by atoms with van der Waals surface area (Å²) in [6.45, 7) is 5.36. The molecule has 1 amide bonds. The quantitative estimate of drug-likeness (QED) is 0.750. The van der Waals surface area contributed by atoms with E-state index in [-0.39, 0.29) is 30.3 Å². The number of carbonyl (C=O) groups is 2. The van der Waals surface area contributed by atoms with E-state index >= 15 is 0 Å². The van der Waals surface area contributed by atoms with Gasteiger partial charge in [-0.2, -0.15) is 0 Å². The molecule has 1 fully saturated rings. The molecule has 0 aromatic heterocycles. The number of ether oxygens (including phenoxy) is 1. The predicted octanol–water partition coefficient (Wildman–Crippen LogP) is 1.38. The summed E-state index contributed by atoms with van der Waals surface area (Å²) in [6.07, 6.45) is 3.46. The fourth-order valence-corrected chi connectivity index (χ4v) is 2.32. The molecule has 112 valence electrons. The molecule has 19 heavy (non-hydrogen) atoms. The third kappa shape index (κ3) is 5.37. The molecule has 6 heteroatoms. The highest BCUT2D eigenvalue weighted by Crippen LogP contribution is 2.26. The van der Waals surface area contributed by atoms with Gasteiger partial charge in [-0.15, -0.1) is 12.4 Å². The minimum atomic E-state index is -0.976. The second-order valence-electron chi connectivity index (χ2n) is 5.45. The summed E-state index contributed by atoms with van der Waals surface area (Å²) in [4.78, 5) is 23.5. The van der Waals surface area contributed by atoms with Crippen LogP contribution in [0.25, 0.3) is 0 Å². The van der Waals surface area contributed by atoms with E-state index in [4.69, 9.17) is 10.5 Å². The van der Waals surface area contributed by atoms with E-state index in [1.807, 2.05) is 0 Å². The lowest BCUT2D eigenvalue weighted by Gasteiger charge is -2.25. The highest BCUT2D eigenvalue weighted by molar-refractivity contribution is 5.87. The van der Waals surface area contributed by atoms with Gasteiger partial charge in [0.1, 0.15) is 5.54 Å². The normalized spacial score (nSPS) is 22.5. The van der Waals surface area contributed by atoms with Crippen molar-refractivity contribution in [2.24, 2.45) is 11.7 Å². The first-order valence-corrected chi connectivity index (χ1v) is 6.60. The lowest BCUT2D eigenvalue weighted by molar-refractivity contribution is -0.151. The monoisotopic (exact) mass is 292 g/mol. The fourth-order valence-electron chi connectivity index (χ4n) is 2.32. The van der Waals surface area contributed by atoms with Crippen LogP contribution in [0.5, 0.6) is 0 Å². The molecule has 5 nitrogen and oxygen atoms in total. The van der Waals surface area contributed by atoms with Crippen LogP contribution in [0.3, 0.4) is 0 Å². The Morgan fingerprint density at radius 2 is 2.00 bits per heavy atom. The minimum Gasteiger partial charge on any atom is -0.464 e. The number of nitrogens with one attached hydrogen (secondary N) is 1. The zero-order valence-corrected chi connectivity index (χ0v) is 12.7. The molecular weight excluding hydrogens is 268 g/mol. The SMILES string of the molecule is CCOC(=O)C(C)(C)NC(=O)C[C@@H]1CCC[C@H]1N.Cl. The second kappa shape index (κ2) is 7.70. The first-order valence-electron chi connectivity index (χ1n) is 6.60. The largest absolute Gasteiger partial charge is 0.464 e. The van der Waals surface area contributed by atoms with Crippen molar-refractivity contribution >= 4 is 24.3 Å². The van der Waals surface area contributed by atoms with E-state index < -0.39 is 11.5 Å². The molecule has 0 bridgehead atoms. The van der Waals surface area contributed by atoms with Crippen molar-refractivity contribution in [2.45, 2.75) is 58.0 Å². The van der Waals surface area contributed by atoms with Crippen molar-refractivity contribution in [3.8, 4) is 0 Å². The molecule has 0 spiro atoms. The lowest BCUT2D eigenvalue weighted by Crippen LogP contribution is -2.51. The van der Waals surface area contributed by atoms with E-state index in [0.717, 1.165) is 19.3 Å². The van der Waals surface area contributed by atoms with Crippen LogP contribution in [0.1, 0.15) is 46.5 Å². The summed E-state index contributed by atoms with van der Waals surface area (Å²) < 4.78 is 4.92. The number of rotatable bonds is 5. The number of carbonyl (C=O) groups excluding carboxylic acids is 2. The fraction of sp³-hybridized carbons (Fsp3) is 0.846. The maximum atomic E-state index is 11.9. The molecular formula is C13H25ClN2O3. The van der Waals surface area contributed by atoms with Crippen molar-refractivity contribution in [3.05, 3.63) is 0 Å². The summed E-state index contributed by atoms with van der Waals surface area (Å²) in [5.41, 5.74) is 4.95. The van der Waals surface area contributed by atoms with Gasteiger partial charge in [0.15, 0.2) is 0 Å². The highest BCUT2D eigenvalue weighted by atomic mass is 35.5. The van der Waals surface area contributed by atoms with Crippen LogP contribution in [0.4, 0.5) is 0 Å². The molecule has 1 aliphatic carbocycles. The third-order valence-electron chi connectivity index (χ3n) is 3.40. The standard InChI is InChI=1S/C13H24N2O3.ClH/c1-4-18-12(17)13(2,3)15-11(16)8-9-6-5-7-10(9)14;/h9-10H,4-8,14H2,1-3H3,(H,15,16);1H/t9-,10+;/m0./s1. The number of hydrogen-bond acceptors (Lipinski definition) is 4. The van der Waals surface area contributed by atoms with Gasteiger partial charge < -0.3 is 15.8 Å². The number of nitrogens with two attached hydrogens (primary N) is 1. The van der Waals surface area contributed by atoms with Gasteiger partial charge in [-0.3, -0.25) is 4.79 Å². The predicted molar refractivity (Wildman–Crippen MR) is 76.0 cm³/mol. The van der Waals surface area contributed by atoms with Gasteiger partial charge in [-0.1, -0.05) is 6.42 Å². The van der Waals surface area contributed by atoms with E-state index in [0.29, 0.717) is 13.0 Å². The number of hydrogen-bond donors (Lipinski definition) is 2. The Kier molecular flexibility index (Phi) is 7.37. The Morgan fingerprint density at radius 1 is 1.37 bits per heavy atom. The second-order valence-corrected chi connectivity index (χ2v) is 5.45. The first kappa shape index (κ1) is 18.2. The Balaban J connectivity index is 0.00000324. The molecule has 0 aromatic rings. The topological polar surface area (TPSA) is 81.4 Å². The number of halogens is 1. The molecule has 0 aliphatic heterocycles. The van der Waals surface area contributed by atoms with E-state index in [1.165, 1.54) is 0 Å². The average Bonchev–Trinajstić information content (AvgIpc) is 2.63. The van der Waals surface area contributed by atoms with E-state index in [1.54, 1.807) is 20.8 Å². The van der Waals surface area contributed by atoms with Gasteiger partial charge in [0, 0.05) is 12.5 Å². The lowest BCUT2D eigenvalue weighted by atomic mass is 9.98. The summed E-state index contributed by atoms with van der Waals surface area (Å²) >= 11 is 0. The molecule has 3 N–H and O–H groups in total. The highest BCUT2D eigenvalue weighted by Gasteiger charge is 2.33. The zero-order chi connectivity index (χ0) is 13.8. The van der Waals surface area contributed by atoms with Crippen LogP contribution in [0, 0.1) is 5.92 Å². The molecule has 1 saturated carbocycles. The first-order chi connectivity index (χ1) is 8.36. The Bertz CT molecular complexity index is 321. The van der Waals surface area contributed by atoms with Gasteiger partial charge in [0.2, 0.25) is 5.91 Å². The molecule has 1 rings (SSSR count). The summed E-state index contributed by atoms with van der Waals surface area (Å²) in [5, 5.41) is 2.72. The van der Waals surface area contributed by atoms with Crippen LogP contribution in [-0.2, 0) is 14.3 Å². The maximum absolute atomic E-state index is 11.9. The Morgan fingerprint density at radius 3 is 2.47 bits per heavy atom. The average molecular weight is 293 g/mol. The van der Waals surface area contributed by atoms with Crippen LogP contribution < -0.4 is 11.1 Å². The van der Waals surface area contributed by atoms with Gasteiger partial charge in [-0.05, 0) is 39.5 Å². The van der Waals surface area contributed by atoms with Crippen LogP contribution in [0.2, 0.25) is 0 Å². The van der Waals surface area contributed by atoms with Crippen LogP contribution in [-0.4, -0.2) is 30.1 Å². The van der Waals surface area contributed by atoms with Crippen molar-refractivity contribution in [2.75, 3.05) is 6.61 Å². The summed E-state index contributed by atoms with van der Waals surface area (Å²) in [5.74, 6) is -0.299. The Labute approximate surface area is 121 Å². The van der Waals surface area contributed by atoms with Crippen molar-refractivity contribution < 1.29 is 14.3 Å². The zero-order valence-electron chi connectivity index (χ0n) is 11.9. The molecule has 0 heterocycles. The van der Waals surface area contributed by atoms with Crippen LogP contribution in [0.15, 0.2) is 0 Å². The number of esters is 1. The van der Waals surface area contributed by atoms with Gasteiger partial charge in [0.05, 0.1) is 6.61 Å². The van der Waals surface area contributed by atoms with Crippen molar-refractivity contribution in [1.29, 1.82) is 0 Å². The molecule has 0 radical (unpaired) electrons. The van der Waals surface area contributed by atoms with Crippen molar-refractivity contribution in [3.63, 3.8) is 0 Å². The van der Waals surface area contributed by atoms with Gasteiger partial charge in [-0.25, -0.2) is 4.79 Å². The summed E-state index contributed by atoms with van der Waals surface area (Å²) in [7, 11) is 0. The molecule has 2 atom stereocenters. The van der Waals surface area contributed by atoms with Gasteiger partial charge >= 0.3 is 5.97 Å². The maximum Gasteiger partial charge on any atom is 0.331 e. The van der Waals surface area contributed by atoms with Crippen molar-refractivity contribution in [1.82, 2.24) is 5.32 Å². The van der Waals surface area contributed by atoms with E-state index in [2.05, 4.69) is 5.32 Å². The van der Waals surface area contributed by atoms with Gasteiger partial charge in [0.25, 0.3) is 0 Å². The molecule has 0 saturated heterocycles. The molecule has 0 unspecified atom stereocenters. The smallest absolute Gasteiger partial charge is 0.331 e. The number of amides is 1. The molecule has 1 aliphatic rings. The Hall–Kier alpha value is -0.810.